The second-order valence-electron chi connectivity index (χ2n) is 5.99. The van der Waals surface area contributed by atoms with Gasteiger partial charge in [0.1, 0.15) is 5.82 Å². The van der Waals surface area contributed by atoms with Crippen molar-refractivity contribution in [2.45, 2.75) is 33.7 Å². The summed E-state index contributed by atoms with van der Waals surface area (Å²) in [6, 6.07) is 6.36. The number of hydrogen-bond acceptors (Lipinski definition) is 1. The van der Waals surface area contributed by atoms with Gasteiger partial charge in [-0.25, -0.2) is 4.98 Å². The number of hydrogen-bond donors (Lipinski definition) is 0. The van der Waals surface area contributed by atoms with E-state index in [2.05, 4.69) is 55.7 Å². The van der Waals surface area contributed by atoms with E-state index < -0.39 is 0 Å². The van der Waals surface area contributed by atoms with Gasteiger partial charge in [0.05, 0.1) is 11.0 Å². The van der Waals surface area contributed by atoms with Crippen LogP contribution in [0.2, 0.25) is 0 Å². The third-order valence-corrected chi connectivity index (χ3v) is 3.15. The molecular formula is C15H18N2. The lowest BCUT2D eigenvalue weighted by molar-refractivity contribution is 0.395. The SMILES string of the molecule is CC(C)(C)Cc1nc2cccc3c2n1CC=C3. The standard InChI is InChI=1S/C15H18N2/c1-15(2,3)10-13-16-12-8-4-6-11-7-5-9-17(13)14(11)12/h4-8H,9-10H2,1-3H3. The highest BCUT2D eigenvalue weighted by Crippen LogP contribution is 2.28. The largest absolute Gasteiger partial charge is 0.324 e. The van der Waals surface area contributed by atoms with E-state index in [1.807, 2.05) is 0 Å². The molecule has 0 radical (unpaired) electrons. The molecule has 0 atom stereocenters. The van der Waals surface area contributed by atoms with Gasteiger partial charge in [-0.15, -0.1) is 0 Å². The predicted molar refractivity (Wildman–Crippen MR) is 71.9 cm³/mol. The van der Waals surface area contributed by atoms with Gasteiger partial charge in [-0.1, -0.05) is 45.1 Å². The lowest BCUT2D eigenvalue weighted by Gasteiger charge is -2.19. The van der Waals surface area contributed by atoms with Crippen LogP contribution < -0.4 is 0 Å². The minimum atomic E-state index is 0.280. The zero-order chi connectivity index (χ0) is 12.0. The molecule has 3 rings (SSSR count). The Morgan fingerprint density at radius 3 is 2.88 bits per heavy atom. The Bertz CT molecular complexity index is 597. The summed E-state index contributed by atoms with van der Waals surface area (Å²) in [4.78, 5) is 4.79. The fourth-order valence-electron chi connectivity index (χ4n) is 2.49. The molecule has 0 saturated heterocycles. The van der Waals surface area contributed by atoms with Crippen molar-refractivity contribution >= 4 is 17.1 Å². The quantitative estimate of drug-likeness (QED) is 0.725. The summed E-state index contributed by atoms with van der Waals surface area (Å²) in [5.41, 5.74) is 4.00. The van der Waals surface area contributed by atoms with E-state index in [4.69, 9.17) is 4.98 Å². The first-order chi connectivity index (χ1) is 8.04. The molecule has 88 valence electrons. The molecule has 2 nitrogen and oxygen atoms in total. The number of aromatic nitrogens is 2. The van der Waals surface area contributed by atoms with Crippen LogP contribution in [-0.4, -0.2) is 9.55 Å². The molecule has 0 unspecified atom stereocenters. The van der Waals surface area contributed by atoms with Gasteiger partial charge in [0.15, 0.2) is 0 Å². The van der Waals surface area contributed by atoms with Crippen LogP contribution in [0.15, 0.2) is 24.3 Å². The molecule has 1 aromatic heterocycles. The number of allylic oxidation sites excluding steroid dienone is 1. The topological polar surface area (TPSA) is 17.8 Å². The molecule has 2 heterocycles. The van der Waals surface area contributed by atoms with E-state index in [1.54, 1.807) is 0 Å². The van der Waals surface area contributed by atoms with Crippen LogP contribution in [0.1, 0.15) is 32.2 Å². The summed E-state index contributed by atoms with van der Waals surface area (Å²) in [5, 5.41) is 0. The summed E-state index contributed by atoms with van der Waals surface area (Å²) in [5.74, 6) is 1.21. The van der Waals surface area contributed by atoms with Crippen molar-refractivity contribution in [2.24, 2.45) is 5.41 Å². The van der Waals surface area contributed by atoms with Crippen LogP contribution >= 0.6 is 0 Å². The molecular weight excluding hydrogens is 208 g/mol. The third kappa shape index (κ3) is 1.78. The molecule has 2 heteroatoms. The van der Waals surface area contributed by atoms with Crippen LogP contribution in [0.5, 0.6) is 0 Å². The molecule has 2 aromatic rings. The smallest absolute Gasteiger partial charge is 0.110 e. The number of benzene rings is 1. The summed E-state index contributed by atoms with van der Waals surface area (Å²) in [6.45, 7) is 7.75. The Balaban J connectivity index is 2.20. The van der Waals surface area contributed by atoms with Gasteiger partial charge >= 0.3 is 0 Å². The molecule has 0 spiro atoms. The molecule has 1 aromatic carbocycles. The normalized spacial score (nSPS) is 14.5. The van der Waals surface area contributed by atoms with E-state index in [1.165, 1.54) is 16.9 Å². The summed E-state index contributed by atoms with van der Waals surface area (Å²) in [7, 11) is 0. The molecule has 1 aliphatic rings. The maximum atomic E-state index is 4.79. The van der Waals surface area contributed by atoms with E-state index >= 15 is 0 Å². The number of rotatable bonds is 1. The highest BCUT2D eigenvalue weighted by molar-refractivity contribution is 5.87. The average molecular weight is 226 g/mol. The van der Waals surface area contributed by atoms with Gasteiger partial charge in [-0.2, -0.15) is 0 Å². The van der Waals surface area contributed by atoms with Crippen LogP contribution in [0.3, 0.4) is 0 Å². The number of imidazole rings is 1. The monoisotopic (exact) mass is 226 g/mol. The van der Waals surface area contributed by atoms with Crippen molar-refractivity contribution in [3.05, 3.63) is 35.7 Å². The molecule has 0 amide bonds. The fraction of sp³-hybridized carbons (Fsp3) is 0.400. The molecule has 0 N–H and O–H groups in total. The maximum absolute atomic E-state index is 4.79. The maximum Gasteiger partial charge on any atom is 0.110 e. The van der Waals surface area contributed by atoms with Crippen LogP contribution in [0, 0.1) is 5.41 Å². The predicted octanol–water partition coefficient (Wildman–Crippen LogP) is 3.65. The lowest BCUT2D eigenvalue weighted by Crippen LogP contribution is -2.15. The lowest BCUT2D eigenvalue weighted by atomic mass is 9.92. The van der Waals surface area contributed by atoms with Gasteiger partial charge in [0.25, 0.3) is 0 Å². The zero-order valence-corrected chi connectivity index (χ0v) is 10.7. The number of para-hydroxylation sites is 1. The van der Waals surface area contributed by atoms with Crippen molar-refractivity contribution in [1.82, 2.24) is 9.55 Å². The van der Waals surface area contributed by atoms with Gasteiger partial charge in [-0.05, 0) is 11.5 Å². The molecule has 0 aliphatic carbocycles. The van der Waals surface area contributed by atoms with Crippen molar-refractivity contribution in [2.75, 3.05) is 0 Å². The van der Waals surface area contributed by atoms with Crippen LogP contribution in [0.25, 0.3) is 17.1 Å². The molecule has 17 heavy (non-hydrogen) atoms. The number of nitrogens with zero attached hydrogens (tertiary/aromatic N) is 2. The Kier molecular flexibility index (Phi) is 2.15. The Morgan fingerprint density at radius 1 is 1.29 bits per heavy atom. The van der Waals surface area contributed by atoms with Gasteiger partial charge < -0.3 is 4.57 Å². The second-order valence-corrected chi connectivity index (χ2v) is 5.99. The highest BCUT2D eigenvalue weighted by atomic mass is 15.1. The average Bonchev–Trinajstić information content (AvgIpc) is 2.58. The van der Waals surface area contributed by atoms with Crippen LogP contribution in [0.4, 0.5) is 0 Å². The van der Waals surface area contributed by atoms with E-state index in [-0.39, 0.29) is 5.41 Å². The highest BCUT2D eigenvalue weighted by Gasteiger charge is 2.19. The summed E-state index contributed by atoms with van der Waals surface area (Å²) < 4.78 is 2.36. The zero-order valence-electron chi connectivity index (χ0n) is 10.7. The van der Waals surface area contributed by atoms with E-state index in [9.17, 15) is 0 Å². The van der Waals surface area contributed by atoms with Crippen molar-refractivity contribution in [3.63, 3.8) is 0 Å². The minimum absolute atomic E-state index is 0.280. The van der Waals surface area contributed by atoms with E-state index in [0.29, 0.717) is 0 Å². The summed E-state index contributed by atoms with van der Waals surface area (Å²) >= 11 is 0. The Labute approximate surface area is 102 Å². The first kappa shape index (κ1) is 10.6. The van der Waals surface area contributed by atoms with E-state index in [0.717, 1.165) is 18.5 Å². The second kappa shape index (κ2) is 3.46. The van der Waals surface area contributed by atoms with Crippen molar-refractivity contribution in [3.8, 4) is 0 Å². The fourth-order valence-corrected chi connectivity index (χ4v) is 2.49. The van der Waals surface area contributed by atoms with Crippen molar-refractivity contribution < 1.29 is 0 Å². The van der Waals surface area contributed by atoms with Gasteiger partial charge in [-0.3, -0.25) is 0 Å². The van der Waals surface area contributed by atoms with Crippen LogP contribution in [-0.2, 0) is 13.0 Å². The molecule has 0 saturated carbocycles. The van der Waals surface area contributed by atoms with Gasteiger partial charge in [0.2, 0.25) is 0 Å². The third-order valence-electron chi connectivity index (χ3n) is 3.15. The first-order valence-corrected chi connectivity index (χ1v) is 6.19. The Hall–Kier alpha value is -1.57. The van der Waals surface area contributed by atoms with Crippen molar-refractivity contribution in [1.29, 1.82) is 0 Å². The van der Waals surface area contributed by atoms with Gasteiger partial charge in [0, 0.05) is 18.5 Å². The summed E-state index contributed by atoms with van der Waals surface area (Å²) in [6.07, 6.45) is 5.44. The Morgan fingerprint density at radius 2 is 2.12 bits per heavy atom. The molecule has 0 fully saturated rings. The molecule has 0 bridgehead atoms. The molecule has 1 aliphatic heterocycles. The first-order valence-electron chi connectivity index (χ1n) is 6.19. The minimum Gasteiger partial charge on any atom is -0.324 e.